The zero-order valence-corrected chi connectivity index (χ0v) is 18.9. The molecule has 3 rings (SSSR count). The first-order chi connectivity index (χ1) is 15.2. The van der Waals surface area contributed by atoms with Crippen molar-refractivity contribution in [3.63, 3.8) is 0 Å². The number of aryl methyl sites for hydroxylation is 1. The van der Waals surface area contributed by atoms with Gasteiger partial charge in [-0.1, -0.05) is 78.4 Å². The Balaban J connectivity index is 2.10. The van der Waals surface area contributed by atoms with Crippen LogP contribution in [0, 0.1) is 6.92 Å². The summed E-state index contributed by atoms with van der Waals surface area (Å²) in [6.45, 7) is 8.14. The van der Waals surface area contributed by atoms with E-state index in [1.165, 1.54) is 0 Å². The van der Waals surface area contributed by atoms with Crippen LogP contribution in [0.4, 0.5) is 0 Å². The van der Waals surface area contributed by atoms with Crippen LogP contribution in [0.2, 0.25) is 0 Å². The number of allylic oxidation sites excluding steroid dienone is 1. The zero-order chi connectivity index (χ0) is 23.1. The van der Waals surface area contributed by atoms with Gasteiger partial charge in [0.25, 0.3) is 0 Å². The molecule has 0 saturated heterocycles. The van der Waals surface area contributed by atoms with Gasteiger partial charge in [0.1, 0.15) is 17.1 Å². The van der Waals surface area contributed by atoms with Crippen LogP contribution in [-0.4, -0.2) is 16.6 Å². The summed E-state index contributed by atoms with van der Waals surface area (Å²) in [6.07, 6.45) is 1.59. The summed E-state index contributed by atoms with van der Waals surface area (Å²) in [7, 11) is 0. The molecule has 0 saturated carbocycles. The molecule has 164 valence electrons. The normalized spacial score (nSPS) is 12.7. The van der Waals surface area contributed by atoms with Gasteiger partial charge in [-0.15, -0.1) is 0 Å². The Labute approximate surface area is 189 Å². The highest BCUT2D eigenvalue weighted by Gasteiger charge is 2.21. The summed E-state index contributed by atoms with van der Waals surface area (Å²) in [5.74, 6) is -0.395. The number of aliphatic hydroxyl groups is 1. The minimum absolute atomic E-state index is 0.0924. The number of carbonyl (C=O) groups is 1. The second kappa shape index (κ2) is 10.0. The van der Waals surface area contributed by atoms with Gasteiger partial charge >= 0.3 is 5.97 Å². The van der Waals surface area contributed by atoms with E-state index in [1.807, 2.05) is 76.2 Å². The van der Waals surface area contributed by atoms with Crippen LogP contribution in [0.3, 0.4) is 0 Å². The van der Waals surface area contributed by atoms with E-state index in [0.29, 0.717) is 17.0 Å². The molecule has 4 nitrogen and oxygen atoms in total. The molecule has 3 aromatic rings. The molecule has 3 aromatic carbocycles. The number of hydrogen-bond acceptors (Lipinski definition) is 4. The Bertz CT molecular complexity index is 1110. The summed E-state index contributed by atoms with van der Waals surface area (Å²) >= 11 is 0. The molecule has 0 aliphatic carbocycles. The van der Waals surface area contributed by atoms with Crippen molar-refractivity contribution in [1.82, 2.24) is 5.32 Å². The Morgan fingerprint density at radius 1 is 0.844 bits per heavy atom. The van der Waals surface area contributed by atoms with Crippen LogP contribution in [0.15, 0.2) is 96.8 Å². The minimum atomic E-state index is -0.629. The lowest BCUT2D eigenvalue weighted by atomic mass is 10.0. The number of para-hydroxylation sites is 1. The Hall–Kier alpha value is -3.79. The molecule has 4 heteroatoms. The van der Waals surface area contributed by atoms with Crippen molar-refractivity contribution in [3.8, 4) is 5.75 Å². The molecule has 0 aliphatic heterocycles. The molecule has 0 fully saturated rings. The summed E-state index contributed by atoms with van der Waals surface area (Å²) < 4.78 is 5.55. The second-order valence-corrected chi connectivity index (χ2v) is 8.63. The van der Waals surface area contributed by atoms with Crippen LogP contribution < -0.4 is 10.1 Å². The van der Waals surface area contributed by atoms with Gasteiger partial charge in [0, 0.05) is 17.3 Å². The van der Waals surface area contributed by atoms with E-state index in [0.717, 1.165) is 11.1 Å². The van der Waals surface area contributed by atoms with Crippen LogP contribution in [-0.2, 0) is 4.79 Å². The van der Waals surface area contributed by atoms with Gasteiger partial charge in [0.15, 0.2) is 0 Å². The number of aliphatic hydroxyl groups excluding tert-OH is 1. The van der Waals surface area contributed by atoms with Crippen molar-refractivity contribution in [3.05, 3.63) is 113 Å². The molecular weight excluding hydrogens is 398 g/mol. The number of ether oxygens (including phenoxy) is 1. The predicted molar refractivity (Wildman–Crippen MR) is 130 cm³/mol. The van der Waals surface area contributed by atoms with Crippen molar-refractivity contribution in [1.29, 1.82) is 0 Å². The average Bonchev–Trinajstić information content (AvgIpc) is 2.74. The zero-order valence-electron chi connectivity index (χ0n) is 18.9. The van der Waals surface area contributed by atoms with Gasteiger partial charge in [-0.25, -0.2) is 4.79 Å². The number of hydrogen-bond donors (Lipinski definition) is 2. The monoisotopic (exact) mass is 427 g/mol. The Morgan fingerprint density at radius 2 is 1.41 bits per heavy atom. The largest absolute Gasteiger partial charge is 0.507 e. The first-order valence-corrected chi connectivity index (χ1v) is 10.6. The van der Waals surface area contributed by atoms with Gasteiger partial charge < -0.3 is 15.2 Å². The minimum Gasteiger partial charge on any atom is -0.507 e. The highest BCUT2D eigenvalue weighted by molar-refractivity contribution is 6.18. The number of esters is 1. The Kier molecular flexibility index (Phi) is 7.16. The number of benzene rings is 3. The van der Waals surface area contributed by atoms with Crippen LogP contribution in [0.5, 0.6) is 5.75 Å². The molecule has 2 N–H and O–H groups in total. The van der Waals surface area contributed by atoms with Gasteiger partial charge in [-0.05, 0) is 51.0 Å². The fourth-order valence-corrected chi connectivity index (χ4v) is 3.16. The predicted octanol–water partition coefficient (Wildman–Crippen LogP) is 6.30. The first-order valence-electron chi connectivity index (χ1n) is 10.6. The molecule has 0 atom stereocenters. The van der Waals surface area contributed by atoms with Gasteiger partial charge in [-0.3, -0.25) is 0 Å². The Morgan fingerprint density at radius 3 is 1.97 bits per heavy atom. The third kappa shape index (κ3) is 6.35. The van der Waals surface area contributed by atoms with Crippen LogP contribution in [0.1, 0.15) is 37.5 Å². The first kappa shape index (κ1) is 22.9. The number of nitrogens with one attached hydrogen (secondary N) is 1. The topological polar surface area (TPSA) is 58.6 Å². The van der Waals surface area contributed by atoms with Crippen molar-refractivity contribution in [2.45, 2.75) is 33.2 Å². The lowest BCUT2D eigenvalue weighted by molar-refractivity contribution is -0.128. The number of rotatable bonds is 6. The molecule has 0 spiro atoms. The van der Waals surface area contributed by atoms with Crippen LogP contribution in [0.25, 0.3) is 11.3 Å². The molecule has 0 amide bonds. The maximum absolute atomic E-state index is 13.1. The van der Waals surface area contributed by atoms with Crippen molar-refractivity contribution < 1.29 is 14.6 Å². The third-order valence-electron chi connectivity index (χ3n) is 4.63. The maximum Gasteiger partial charge on any atom is 0.347 e. The van der Waals surface area contributed by atoms with Crippen molar-refractivity contribution in [2.24, 2.45) is 0 Å². The van der Waals surface area contributed by atoms with E-state index in [9.17, 15) is 9.90 Å². The fourth-order valence-electron chi connectivity index (χ4n) is 3.16. The lowest BCUT2D eigenvalue weighted by Crippen LogP contribution is -2.34. The average molecular weight is 428 g/mol. The van der Waals surface area contributed by atoms with Gasteiger partial charge in [0.2, 0.25) is 0 Å². The summed E-state index contributed by atoms with van der Waals surface area (Å²) in [6, 6.07) is 25.8. The molecule has 0 unspecified atom stereocenters. The van der Waals surface area contributed by atoms with E-state index < -0.39 is 5.97 Å². The highest BCUT2D eigenvalue weighted by atomic mass is 16.5. The third-order valence-corrected chi connectivity index (χ3v) is 4.63. The van der Waals surface area contributed by atoms with Gasteiger partial charge in [-0.2, -0.15) is 0 Å². The molecule has 0 heterocycles. The summed E-state index contributed by atoms with van der Waals surface area (Å²) in [4.78, 5) is 13.1. The SMILES string of the molecule is Cc1ccc(/C(=C/C(O)=C(\C(=O)Oc2ccccc2)c2ccccc2)NC(C)(C)C)cc1. The molecule has 32 heavy (non-hydrogen) atoms. The van der Waals surface area contributed by atoms with E-state index in [2.05, 4.69) is 5.32 Å². The standard InChI is InChI=1S/C28H29NO3/c1-20-15-17-21(18-16-20)24(29-28(2,3)4)19-25(30)26(22-11-7-5-8-12-22)27(31)32-23-13-9-6-10-14-23/h5-19,29-30H,1-4H3/b24-19-,26-25+. The molecular formula is C28H29NO3. The summed E-state index contributed by atoms with van der Waals surface area (Å²) in [5.41, 5.74) is 3.15. The van der Waals surface area contributed by atoms with E-state index in [1.54, 1.807) is 42.5 Å². The van der Waals surface area contributed by atoms with Crippen molar-refractivity contribution in [2.75, 3.05) is 0 Å². The summed E-state index contributed by atoms with van der Waals surface area (Å²) in [5, 5.41) is 14.6. The van der Waals surface area contributed by atoms with E-state index in [4.69, 9.17) is 4.74 Å². The van der Waals surface area contributed by atoms with E-state index >= 15 is 0 Å². The molecule has 0 bridgehead atoms. The van der Waals surface area contributed by atoms with Gasteiger partial charge in [0.05, 0.1) is 0 Å². The van der Waals surface area contributed by atoms with Crippen molar-refractivity contribution >= 4 is 17.2 Å². The quantitative estimate of drug-likeness (QED) is 0.159. The molecule has 0 aliphatic rings. The number of carbonyl (C=O) groups excluding carboxylic acids is 1. The molecule has 0 aromatic heterocycles. The highest BCUT2D eigenvalue weighted by Crippen LogP contribution is 2.25. The molecule has 0 radical (unpaired) electrons. The lowest BCUT2D eigenvalue weighted by Gasteiger charge is -2.25. The van der Waals surface area contributed by atoms with Crippen LogP contribution >= 0.6 is 0 Å². The maximum atomic E-state index is 13.1. The second-order valence-electron chi connectivity index (χ2n) is 8.63. The smallest absolute Gasteiger partial charge is 0.347 e. The van der Waals surface area contributed by atoms with E-state index in [-0.39, 0.29) is 16.9 Å². The fraction of sp³-hybridized carbons (Fsp3) is 0.179.